The molecule has 92 valence electrons. The molecule has 0 saturated heterocycles. The van der Waals surface area contributed by atoms with Crippen molar-refractivity contribution in [3.63, 3.8) is 0 Å². The van der Waals surface area contributed by atoms with Crippen molar-refractivity contribution in [2.45, 2.75) is 12.8 Å². The molecule has 0 atom stereocenters. The van der Waals surface area contributed by atoms with Gasteiger partial charge in [-0.05, 0) is 18.1 Å². The summed E-state index contributed by atoms with van der Waals surface area (Å²) in [5.74, 6) is 1.86. The number of para-hydroxylation sites is 1. The Bertz CT molecular complexity index is 484. The van der Waals surface area contributed by atoms with Crippen LogP contribution < -0.4 is 10.3 Å². The van der Waals surface area contributed by atoms with Crippen LogP contribution in [0.5, 0.6) is 0 Å². The third kappa shape index (κ3) is 3.35. The van der Waals surface area contributed by atoms with Crippen molar-refractivity contribution in [1.29, 1.82) is 0 Å². The lowest BCUT2D eigenvalue weighted by Gasteiger charge is -1.99. The number of fused-ring (bicyclic) bond motifs is 1. The molecule has 0 saturated carbocycles. The van der Waals surface area contributed by atoms with E-state index in [0.717, 1.165) is 29.9 Å². The van der Waals surface area contributed by atoms with E-state index in [2.05, 4.69) is 18.2 Å². The molecule has 0 aliphatic heterocycles. The van der Waals surface area contributed by atoms with Crippen molar-refractivity contribution in [2.24, 2.45) is 10.3 Å². The molecule has 4 N–H and O–H groups in total. The standard InChI is InChI=1S/C11H15N3S3/c12-15-6-4-8-2-1-3-9-11(8)14-10(17-9)5-7-16-13/h1-3H,4-7,12-13H2. The minimum absolute atomic E-state index is 0.924. The van der Waals surface area contributed by atoms with Crippen LogP contribution in [0.1, 0.15) is 10.6 Å². The predicted molar refractivity (Wildman–Crippen MR) is 80.3 cm³/mol. The number of nitrogens with two attached hydrogens (primary N) is 2. The summed E-state index contributed by atoms with van der Waals surface area (Å²) in [6.07, 6.45) is 1.93. The average molecular weight is 285 g/mol. The Labute approximate surface area is 114 Å². The van der Waals surface area contributed by atoms with Gasteiger partial charge in [-0.1, -0.05) is 36.0 Å². The smallest absolute Gasteiger partial charge is 0.0947 e. The summed E-state index contributed by atoms with van der Waals surface area (Å²) in [6.45, 7) is 0. The highest BCUT2D eigenvalue weighted by molar-refractivity contribution is 7.97. The van der Waals surface area contributed by atoms with Gasteiger partial charge < -0.3 is 0 Å². The van der Waals surface area contributed by atoms with E-state index in [9.17, 15) is 0 Å². The van der Waals surface area contributed by atoms with Gasteiger partial charge in [0.2, 0.25) is 0 Å². The molecule has 1 aromatic carbocycles. The molecule has 1 heterocycles. The number of rotatable bonds is 6. The lowest BCUT2D eigenvalue weighted by atomic mass is 10.1. The quantitative estimate of drug-likeness (QED) is 0.799. The van der Waals surface area contributed by atoms with Crippen molar-refractivity contribution >= 4 is 45.4 Å². The topological polar surface area (TPSA) is 64.9 Å². The second kappa shape index (κ2) is 6.61. The van der Waals surface area contributed by atoms with E-state index in [0.29, 0.717) is 0 Å². The molecule has 0 fully saturated rings. The molecule has 6 heteroatoms. The van der Waals surface area contributed by atoms with Gasteiger partial charge in [0, 0.05) is 17.9 Å². The summed E-state index contributed by atoms with van der Waals surface area (Å²) >= 11 is 4.52. The second-order valence-corrected chi connectivity index (χ2v) is 6.21. The Morgan fingerprint density at radius 2 is 1.88 bits per heavy atom. The van der Waals surface area contributed by atoms with Gasteiger partial charge in [-0.2, -0.15) is 0 Å². The number of nitrogens with zero attached hydrogens (tertiary/aromatic N) is 1. The van der Waals surface area contributed by atoms with Crippen molar-refractivity contribution in [1.82, 2.24) is 4.98 Å². The fraction of sp³-hybridized carbons (Fsp3) is 0.364. The van der Waals surface area contributed by atoms with Gasteiger partial charge in [0.05, 0.1) is 15.2 Å². The van der Waals surface area contributed by atoms with Gasteiger partial charge in [0.15, 0.2) is 0 Å². The van der Waals surface area contributed by atoms with Crippen LogP contribution in [-0.4, -0.2) is 16.5 Å². The van der Waals surface area contributed by atoms with Crippen LogP contribution >= 0.6 is 35.2 Å². The van der Waals surface area contributed by atoms with Crippen LogP contribution in [-0.2, 0) is 12.8 Å². The second-order valence-electron chi connectivity index (χ2n) is 3.61. The fourth-order valence-corrected chi connectivity index (χ4v) is 3.47. The molecule has 17 heavy (non-hydrogen) atoms. The first kappa shape index (κ1) is 13.2. The van der Waals surface area contributed by atoms with Crippen LogP contribution in [0.15, 0.2) is 18.2 Å². The van der Waals surface area contributed by atoms with Crippen molar-refractivity contribution in [2.75, 3.05) is 11.5 Å². The first-order chi connectivity index (χ1) is 8.35. The van der Waals surface area contributed by atoms with Crippen LogP contribution in [0, 0.1) is 0 Å². The van der Waals surface area contributed by atoms with Crippen molar-refractivity contribution in [3.8, 4) is 0 Å². The Morgan fingerprint density at radius 3 is 2.65 bits per heavy atom. The predicted octanol–water partition coefficient (Wildman–Crippen LogP) is 2.60. The zero-order valence-corrected chi connectivity index (χ0v) is 11.8. The summed E-state index contributed by atoms with van der Waals surface area (Å²) in [5.41, 5.74) is 2.44. The summed E-state index contributed by atoms with van der Waals surface area (Å²) < 4.78 is 1.27. The molecule has 2 aromatic rings. The normalized spacial score (nSPS) is 11.2. The molecular weight excluding hydrogens is 270 g/mol. The molecule has 0 aliphatic carbocycles. The maximum atomic E-state index is 5.47. The van der Waals surface area contributed by atoms with Crippen LogP contribution in [0.4, 0.5) is 0 Å². The number of aryl methyl sites for hydroxylation is 2. The maximum Gasteiger partial charge on any atom is 0.0947 e. The summed E-state index contributed by atoms with van der Waals surface area (Å²) in [7, 11) is 0. The minimum Gasteiger partial charge on any atom is -0.278 e. The first-order valence-electron chi connectivity index (χ1n) is 5.36. The largest absolute Gasteiger partial charge is 0.278 e. The Hall–Kier alpha value is -0.270. The molecule has 3 nitrogen and oxygen atoms in total. The molecule has 0 aliphatic rings. The Morgan fingerprint density at radius 1 is 1.12 bits per heavy atom. The maximum absolute atomic E-state index is 5.47. The van der Waals surface area contributed by atoms with Gasteiger partial charge in [-0.3, -0.25) is 10.3 Å². The number of benzene rings is 1. The van der Waals surface area contributed by atoms with E-state index in [-0.39, 0.29) is 0 Å². The van der Waals surface area contributed by atoms with Crippen LogP contribution in [0.3, 0.4) is 0 Å². The molecule has 0 spiro atoms. The zero-order valence-electron chi connectivity index (χ0n) is 9.39. The van der Waals surface area contributed by atoms with Gasteiger partial charge in [-0.25, -0.2) is 4.98 Å². The lowest BCUT2D eigenvalue weighted by Crippen LogP contribution is -1.94. The van der Waals surface area contributed by atoms with Crippen LogP contribution in [0.2, 0.25) is 0 Å². The lowest BCUT2D eigenvalue weighted by molar-refractivity contribution is 1.11. The highest BCUT2D eigenvalue weighted by Crippen LogP contribution is 2.26. The number of aromatic nitrogens is 1. The third-order valence-corrected chi connectivity index (χ3v) is 4.43. The zero-order chi connectivity index (χ0) is 12.1. The van der Waals surface area contributed by atoms with Crippen molar-refractivity contribution < 1.29 is 0 Å². The molecular formula is C11H15N3S3. The fourth-order valence-electron chi connectivity index (χ4n) is 1.68. The van der Waals surface area contributed by atoms with E-state index < -0.39 is 0 Å². The van der Waals surface area contributed by atoms with Gasteiger partial charge in [0.1, 0.15) is 0 Å². The summed E-state index contributed by atoms with van der Waals surface area (Å²) in [6, 6.07) is 6.36. The molecule has 2 rings (SSSR count). The summed E-state index contributed by atoms with van der Waals surface area (Å²) in [4.78, 5) is 4.70. The van der Waals surface area contributed by atoms with E-state index in [1.54, 1.807) is 11.3 Å². The van der Waals surface area contributed by atoms with Gasteiger partial charge in [-0.15, -0.1) is 11.3 Å². The first-order valence-corrected chi connectivity index (χ1v) is 8.27. The van der Waals surface area contributed by atoms with E-state index in [4.69, 9.17) is 15.3 Å². The van der Waals surface area contributed by atoms with Crippen molar-refractivity contribution in [3.05, 3.63) is 28.8 Å². The van der Waals surface area contributed by atoms with E-state index in [1.165, 1.54) is 39.2 Å². The number of hydrogen-bond donors (Lipinski definition) is 2. The highest BCUT2D eigenvalue weighted by atomic mass is 32.2. The molecule has 0 unspecified atom stereocenters. The van der Waals surface area contributed by atoms with Crippen LogP contribution in [0.25, 0.3) is 10.2 Å². The number of thiazole rings is 1. The van der Waals surface area contributed by atoms with Gasteiger partial charge in [0.25, 0.3) is 0 Å². The molecule has 1 aromatic heterocycles. The Balaban J connectivity index is 2.25. The molecule has 0 radical (unpaired) electrons. The van der Waals surface area contributed by atoms with E-state index >= 15 is 0 Å². The minimum atomic E-state index is 0.924. The SMILES string of the molecule is NSCCc1nc2c(CCSN)cccc2s1. The monoisotopic (exact) mass is 285 g/mol. The number of hydrogen-bond acceptors (Lipinski definition) is 6. The third-order valence-electron chi connectivity index (χ3n) is 2.47. The Kier molecular flexibility index (Phi) is 5.12. The van der Waals surface area contributed by atoms with Gasteiger partial charge >= 0.3 is 0 Å². The van der Waals surface area contributed by atoms with E-state index in [1.807, 2.05) is 0 Å². The average Bonchev–Trinajstić information content (AvgIpc) is 2.77. The molecule has 0 amide bonds. The summed E-state index contributed by atoms with van der Waals surface area (Å²) in [5, 5.41) is 12.1. The molecule has 0 bridgehead atoms. The highest BCUT2D eigenvalue weighted by Gasteiger charge is 2.07.